The number of likely N-dealkylation sites (tertiary alicyclic amines) is 1. The van der Waals surface area contributed by atoms with Gasteiger partial charge in [-0.25, -0.2) is 4.79 Å². The number of hydrogen-bond acceptors (Lipinski definition) is 8. The monoisotopic (exact) mass is 408 g/mol. The molecule has 2 heterocycles. The molecule has 2 aliphatic heterocycles. The maximum Gasteiger partial charge on any atom is 0.454 e. The summed E-state index contributed by atoms with van der Waals surface area (Å²) in [6, 6.07) is 0. The molecule has 4 N–H and O–H groups in total. The van der Waals surface area contributed by atoms with Crippen molar-refractivity contribution in [1.29, 1.82) is 0 Å². The Morgan fingerprint density at radius 2 is 2.31 bits per heavy atom. The van der Waals surface area contributed by atoms with Gasteiger partial charge in [0.2, 0.25) is 0 Å². The van der Waals surface area contributed by atoms with Crippen molar-refractivity contribution >= 4 is 13.1 Å². The second kappa shape index (κ2) is 11.7. The lowest BCUT2D eigenvalue weighted by atomic mass is 9.80. The zero-order valence-electron chi connectivity index (χ0n) is 16.8. The second-order valence-corrected chi connectivity index (χ2v) is 7.07. The average Bonchev–Trinajstić information content (AvgIpc) is 2.65. The van der Waals surface area contributed by atoms with Crippen molar-refractivity contribution in [2.24, 2.45) is 16.3 Å². The zero-order chi connectivity index (χ0) is 21.2. The minimum absolute atomic E-state index is 0.0347. The second-order valence-electron chi connectivity index (χ2n) is 7.07. The molecule has 2 atom stereocenters. The molecule has 29 heavy (non-hydrogen) atoms. The van der Waals surface area contributed by atoms with Gasteiger partial charge < -0.3 is 24.6 Å². The Labute approximate surface area is 170 Å². The molecule has 2 rings (SSSR count). The first-order valence-corrected chi connectivity index (χ1v) is 9.63. The number of carbonyl (C=O) groups is 1. The van der Waals surface area contributed by atoms with E-state index in [9.17, 15) is 20.0 Å². The van der Waals surface area contributed by atoms with Gasteiger partial charge in [0.1, 0.15) is 23.7 Å². The van der Waals surface area contributed by atoms with Crippen LogP contribution in [0.25, 0.3) is 0 Å². The third kappa shape index (κ3) is 7.61. The van der Waals surface area contributed by atoms with E-state index in [4.69, 9.17) is 9.39 Å². The van der Waals surface area contributed by atoms with E-state index in [0.29, 0.717) is 25.8 Å². The molecule has 10 nitrogen and oxygen atoms in total. The van der Waals surface area contributed by atoms with Crippen LogP contribution in [0, 0.1) is 5.92 Å². The van der Waals surface area contributed by atoms with Crippen molar-refractivity contribution in [3.63, 3.8) is 0 Å². The quantitative estimate of drug-likeness (QED) is 0.265. The Bertz CT molecular complexity index is 663. The van der Waals surface area contributed by atoms with Gasteiger partial charge >= 0.3 is 13.1 Å². The summed E-state index contributed by atoms with van der Waals surface area (Å²) in [5.74, 6) is -0.776. The molecule has 0 aliphatic carbocycles. The van der Waals surface area contributed by atoms with Crippen molar-refractivity contribution in [3.8, 4) is 0 Å². The van der Waals surface area contributed by atoms with Crippen molar-refractivity contribution < 1.29 is 29.4 Å². The molecular formula is C18H29BN4O6. The zero-order valence-corrected chi connectivity index (χ0v) is 16.8. The maximum absolute atomic E-state index is 11.7. The Balaban J connectivity index is 1.94. The van der Waals surface area contributed by atoms with Crippen LogP contribution >= 0.6 is 0 Å². The number of allylic oxidation sites excluding steroid dienone is 2. The summed E-state index contributed by atoms with van der Waals surface area (Å²) in [5.41, 5.74) is 2.56. The summed E-state index contributed by atoms with van der Waals surface area (Å²) in [4.78, 5) is 13.5. The fourth-order valence-corrected chi connectivity index (χ4v) is 2.92. The number of aliphatic carboxylic acids is 1. The predicted molar refractivity (Wildman–Crippen MR) is 106 cm³/mol. The molecular weight excluding hydrogens is 379 g/mol. The molecule has 0 aromatic carbocycles. The molecule has 0 spiro atoms. The first-order valence-electron chi connectivity index (χ1n) is 9.63. The van der Waals surface area contributed by atoms with Crippen LogP contribution in [-0.2, 0) is 14.2 Å². The van der Waals surface area contributed by atoms with Gasteiger partial charge in [-0.2, -0.15) is 5.11 Å². The Hall–Kier alpha value is -2.21. The lowest BCUT2D eigenvalue weighted by molar-refractivity contribution is -0.134. The standard InChI is InChI=1S/C18H29BN4O6/c1-13-5-6-16(15(18(25)26)12-28-19(27)8-7-13)29-14-10-23(11-14)17(24)4-3-9-21-22-20-2/h3,5-6,9,13-14,17,24,27H,4,7-8,10-12H2,1-2H3,(H,20,21)(H,25,26)/b6-5-,9-3+,16-15-. The van der Waals surface area contributed by atoms with E-state index in [-0.39, 0.29) is 30.0 Å². The van der Waals surface area contributed by atoms with E-state index >= 15 is 0 Å². The van der Waals surface area contributed by atoms with E-state index < -0.39 is 19.3 Å². The molecule has 0 radical (unpaired) electrons. The number of carboxylic acid groups (broad SMARTS) is 1. The van der Waals surface area contributed by atoms with Crippen LogP contribution in [0.2, 0.25) is 6.32 Å². The van der Waals surface area contributed by atoms with Gasteiger partial charge in [-0.3, -0.25) is 10.3 Å². The molecule has 1 fully saturated rings. The number of nitrogens with zero attached hydrogens (tertiary/aromatic N) is 3. The Kier molecular flexibility index (Phi) is 9.32. The van der Waals surface area contributed by atoms with E-state index in [0.717, 1.165) is 6.42 Å². The lowest BCUT2D eigenvalue weighted by Gasteiger charge is -2.41. The summed E-state index contributed by atoms with van der Waals surface area (Å²) < 4.78 is 11.2. The van der Waals surface area contributed by atoms with Gasteiger partial charge in [-0.1, -0.05) is 24.3 Å². The number of aliphatic hydroxyl groups is 1. The Morgan fingerprint density at radius 1 is 1.55 bits per heavy atom. The summed E-state index contributed by atoms with van der Waals surface area (Å²) in [7, 11) is 0.542. The number of rotatable bonds is 8. The predicted octanol–water partition coefficient (Wildman–Crippen LogP) is 0.928. The van der Waals surface area contributed by atoms with Crippen LogP contribution in [0.5, 0.6) is 0 Å². The van der Waals surface area contributed by atoms with Crippen molar-refractivity contribution in [2.45, 2.75) is 38.4 Å². The number of hydrogen-bond donors (Lipinski definition) is 4. The average molecular weight is 408 g/mol. The molecule has 0 aromatic rings. The molecule has 160 valence electrons. The summed E-state index contributed by atoms with van der Waals surface area (Å²) in [5, 5.41) is 36.6. The van der Waals surface area contributed by atoms with Crippen LogP contribution in [-0.4, -0.2) is 72.3 Å². The number of nitrogens with one attached hydrogen (secondary N) is 1. The van der Waals surface area contributed by atoms with Crippen LogP contribution < -0.4 is 5.43 Å². The summed E-state index contributed by atoms with van der Waals surface area (Å²) in [6.45, 7) is 2.69. The largest absolute Gasteiger partial charge is 0.487 e. The van der Waals surface area contributed by atoms with Gasteiger partial charge in [0.05, 0.1) is 13.7 Å². The van der Waals surface area contributed by atoms with Gasteiger partial charge in [-0.15, -0.1) is 0 Å². The van der Waals surface area contributed by atoms with Crippen LogP contribution in [0.15, 0.2) is 46.1 Å². The number of aliphatic hydroxyl groups excluding tert-OH is 1. The highest BCUT2D eigenvalue weighted by Crippen LogP contribution is 2.23. The minimum Gasteiger partial charge on any atom is -0.487 e. The van der Waals surface area contributed by atoms with Crippen LogP contribution in [0.1, 0.15) is 19.8 Å². The molecule has 0 amide bonds. The normalized spacial score (nSPS) is 27.0. The maximum atomic E-state index is 11.7. The lowest BCUT2D eigenvalue weighted by Crippen LogP contribution is -2.56. The van der Waals surface area contributed by atoms with Crippen LogP contribution in [0.3, 0.4) is 0 Å². The number of carboxylic acids is 1. The van der Waals surface area contributed by atoms with Crippen molar-refractivity contribution in [3.05, 3.63) is 35.8 Å². The fourth-order valence-electron chi connectivity index (χ4n) is 2.92. The molecule has 2 aliphatic rings. The van der Waals surface area contributed by atoms with E-state index in [1.807, 2.05) is 17.9 Å². The molecule has 1 saturated heterocycles. The fraction of sp³-hybridized carbons (Fsp3) is 0.611. The van der Waals surface area contributed by atoms with Gasteiger partial charge in [0, 0.05) is 25.7 Å². The summed E-state index contributed by atoms with van der Waals surface area (Å²) in [6.07, 6.45) is 7.55. The highest BCUT2D eigenvalue weighted by Gasteiger charge is 2.33. The highest BCUT2D eigenvalue weighted by atomic mass is 16.5. The molecule has 0 bridgehead atoms. The highest BCUT2D eigenvalue weighted by molar-refractivity contribution is 6.42. The van der Waals surface area contributed by atoms with Gasteiger partial charge in [-0.05, 0) is 24.7 Å². The third-order valence-electron chi connectivity index (χ3n) is 4.71. The molecule has 0 saturated carbocycles. The molecule has 2 unspecified atom stereocenters. The van der Waals surface area contributed by atoms with Crippen molar-refractivity contribution in [2.75, 3.05) is 26.7 Å². The molecule has 11 heteroatoms. The van der Waals surface area contributed by atoms with Crippen LogP contribution in [0.4, 0.5) is 0 Å². The van der Waals surface area contributed by atoms with Gasteiger partial charge in [0.25, 0.3) is 0 Å². The topological polar surface area (TPSA) is 136 Å². The first kappa shape index (κ1) is 23.1. The van der Waals surface area contributed by atoms with E-state index in [1.165, 1.54) is 0 Å². The Morgan fingerprint density at radius 3 is 3.00 bits per heavy atom. The van der Waals surface area contributed by atoms with Crippen molar-refractivity contribution in [1.82, 2.24) is 10.3 Å². The third-order valence-corrected chi connectivity index (χ3v) is 4.71. The summed E-state index contributed by atoms with van der Waals surface area (Å²) >= 11 is 0. The number of ether oxygens (including phenoxy) is 1. The minimum atomic E-state index is -1.15. The van der Waals surface area contributed by atoms with E-state index in [1.54, 1.807) is 25.4 Å². The van der Waals surface area contributed by atoms with Gasteiger partial charge in [0.15, 0.2) is 0 Å². The molecule has 0 aromatic heterocycles. The first-order chi connectivity index (χ1) is 13.9. The van der Waals surface area contributed by atoms with E-state index in [2.05, 4.69) is 15.8 Å². The SMILES string of the molecule is C/N=N\N/C=C/CC(O)N1CC(OC2=C(\C(=O)O)COB(O)CCC(C)/C=C\2)C1. The smallest absolute Gasteiger partial charge is 0.454 e.